The second kappa shape index (κ2) is 13.0. The molecule has 2 N–H and O–H groups in total. The van der Waals surface area contributed by atoms with Gasteiger partial charge in [-0.05, 0) is 61.4 Å². The van der Waals surface area contributed by atoms with Gasteiger partial charge in [0.25, 0.3) is 0 Å². The first-order valence-electron chi connectivity index (χ1n) is 15.1. The molecular weight excluding hydrogens is 592 g/mol. The van der Waals surface area contributed by atoms with Gasteiger partial charge in [0.2, 0.25) is 0 Å². The molecule has 4 heterocycles. The van der Waals surface area contributed by atoms with E-state index >= 15 is 0 Å². The van der Waals surface area contributed by atoms with Crippen molar-refractivity contribution in [2.45, 2.75) is 37.6 Å². The molecule has 45 heavy (non-hydrogen) atoms. The second-order valence-corrected chi connectivity index (χ2v) is 13.5. The van der Waals surface area contributed by atoms with Crippen LogP contribution in [0.3, 0.4) is 0 Å². The summed E-state index contributed by atoms with van der Waals surface area (Å²) in [5.41, 5.74) is 5.80. The Hall–Kier alpha value is -4.26. The highest BCUT2D eigenvalue weighted by Gasteiger charge is 2.24. The van der Waals surface area contributed by atoms with Gasteiger partial charge in [-0.2, -0.15) is 9.61 Å². The third-order valence-corrected chi connectivity index (χ3v) is 9.99. The number of hydrogen-bond donors (Lipinski definition) is 2. The molecule has 236 valence electrons. The third kappa shape index (κ3) is 6.44. The summed E-state index contributed by atoms with van der Waals surface area (Å²) in [6, 6.07) is 15.4. The van der Waals surface area contributed by atoms with Gasteiger partial charge in [-0.25, -0.2) is 18.4 Å². The van der Waals surface area contributed by atoms with Gasteiger partial charge in [0.1, 0.15) is 22.3 Å². The number of rotatable bonds is 11. The first kappa shape index (κ1) is 30.8. The van der Waals surface area contributed by atoms with Gasteiger partial charge in [-0.3, -0.25) is 0 Å². The first-order chi connectivity index (χ1) is 21.8. The largest absolute Gasteiger partial charge is 0.495 e. The highest BCUT2D eigenvalue weighted by atomic mass is 32.2. The predicted molar refractivity (Wildman–Crippen MR) is 172 cm³/mol. The molecule has 0 radical (unpaired) electrons. The van der Waals surface area contributed by atoms with E-state index in [0.29, 0.717) is 29.4 Å². The Bertz CT molecular complexity index is 1930. The van der Waals surface area contributed by atoms with Crippen LogP contribution >= 0.6 is 0 Å². The van der Waals surface area contributed by atoms with Crippen molar-refractivity contribution in [3.8, 4) is 28.3 Å². The number of nitrogens with one attached hydrogen (secondary N) is 1. The van der Waals surface area contributed by atoms with E-state index in [0.717, 1.165) is 66.5 Å². The molecule has 3 aromatic heterocycles. The Labute approximate surface area is 262 Å². The number of hydrogen-bond acceptors (Lipinski definition) is 9. The molecule has 1 aliphatic heterocycles. The number of aromatic nitrogens is 5. The van der Waals surface area contributed by atoms with Gasteiger partial charge in [0.15, 0.2) is 15.5 Å². The lowest BCUT2D eigenvalue weighted by Crippen LogP contribution is -2.18. The first-order valence-corrected chi connectivity index (χ1v) is 16.7. The molecule has 0 unspecified atom stereocenters. The number of benzene rings is 2. The van der Waals surface area contributed by atoms with Crippen LogP contribution in [0, 0.1) is 12.8 Å². The maximum atomic E-state index is 13.0. The quantitative estimate of drug-likeness (QED) is 0.217. The summed E-state index contributed by atoms with van der Waals surface area (Å²) in [5, 5.41) is 17.9. The monoisotopic (exact) mass is 630 g/mol. The lowest BCUT2D eigenvalue weighted by molar-refractivity contribution is 0.0663. The highest BCUT2D eigenvalue weighted by molar-refractivity contribution is 7.91. The normalized spacial score (nSPS) is 14.2. The molecule has 0 atom stereocenters. The van der Waals surface area contributed by atoms with Crippen LogP contribution in [0.15, 0.2) is 65.8 Å². The Morgan fingerprint density at radius 2 is 1.93 bits per heavy atom. The zero-order chi connectivity index (χ0) is 31.6. The van der Waals surface area contributed by atoms with Gasteiger partial charge in [-0.1, -0.05) is 24.3 Å². The summed E-state index contributed by atoms with van der Waals surface area (Å²) < 4.78 is 40.9. The Morgan fingerprint density at radius 1 is 1.11 bits per heavy atom. The summed E-state index contributed by atoms with van der Waals surface area (Å²) in [7, 11) is -0.372. The Balaban J connectivity index is 1.41. The van der Waals surface area contributed by atoms with E-state index in [-0.39, 0.29) is 10.6 Å². The van der Waals surface area contributed by atoms with E-state index in [2.05, 4.69) is 34.6 Å². The fraction of sp³-hybridized carbons (Fsp3) is 0.364. The molecule has 0 spiro atoms. The molecule has 6 rings (SSSR count). The van der Waals surface area contributed by atoms with Crippen molar-refractivity contribution in [2.24, 2.45) is 13.0 Å². The number of aliphatic hydroxyl groups excluding tert-OH is 1. The number of ether oxygens (including phenoxy) is 2. The zero-order valence-corrected chi connectivity index (χ0v) is 26.5. The van der Waals surface area contributed by atoms with Crippen molar-refractivity contribution in [3.05, 3.63) is 77.9 Å². The van der Waals surface area contributed by atoms with Gasteiger partial charge in [0.05, 0.1) is 25.2 Å². The molecule has 2 aromatic carbocycles. The predicted octanol–water partition coefficient (Wildman–Crippen LogP) is 4.46. The number of sulfone groups is 1. The molecule has 5 aromatic rings. The number of aryl methyl sites for hydroxylation is 2. The van der Waals surface area contributed by atoms with Gasteiger partial charge >= 0.3 is 0 Å². The van der Waals surface area contributed by atoms with Crippen molar-refractivity contribution in [1.82, 2.24) is 24.1 Å². The number of methoxy groups -OCH3 is 1. The van der Waals surface area contributed by atoms with Crippen LogP contribution in [-0.4, -0.2) is 70.4 Å². The molecule has 1 saturated heterocycles. The topological polar surface area (TPSA) is 133 Å². The smallest absolute Gasteiger partial charge is 0.184 e. The second-order valence-electron chi connectivity index (χ2n) is 11.4. The van der Waals surface area contributed by atoms with Crippen molar-refractivity contribution in [2.75, 3.05) is 38.0 Å². The fourth-order valence-corrected chi connectivity index (χ4v) is 7.18. The summed E-state index contributed by atoms with van der Waals surface area (Å²) >= 11 is 0. The minimum absolute atomic E-state index is 0.0274. The van der Waals surface area contributed by atoms with Gasteiger partial charge < -0.3 is 24.5 Å². The molecule has 11 nitrogen and oxygen atoms in total. The standard InChI is InChI=1S/C33H38N6O5S/c1-22-31(25-7-8-28(43-3)29(19-25)45(41,42)16-13-40)33-36-27(18-23-9-14-44-15-10-23)20-30(39(33)37-22)35-21-24-5-4-6-26(17-24)32-34-11-12-38(32)2/h4-8,11-12,17,19-20,23,35,40H,9-10,13-16,18,21H2,1-3H3. The number of imidazole rings is 1. The maximum absolute atomic E-state index is 13.0. The summed E-state index contributed by atoms with van der Waals surface area (Å²) in [4.78, 5) is 9.62. The van der Waals surface area contributed by atoms with Crippen LogP contribution in [0.4, 0.5) is 5.82 Å². The van der Waals surface area contributed by atoms with Crippen LogP contribution in [0.1, 0.15) is 29.8 Å². The van der Waals surface area contributed by atoms with E-state index < -0.39 is 22.2 Å². The minimum atomic E-state index is -3.78. The van der Waals surface area contributed by atoms with Crippen molar-refractivity contribution in [1.29, 1.82) is 0 Å². The van der Waals surface area contributed by atoms with Crippen LogP contribution in [0.25, 0.3) is 28.2 Å². The number of nitrogens with zero attached hydrogens (tertiary/aromatic N) is 5. The Morgan fingerprint density at radius 3 is 2.67 bits per heavy atom. The van der Waals surface area contributed by atoms with Gasteiger partial charge in [0, 0.05) is 62.1 Å². The fourth-order valence-electron chi connectivity index (χ4n) is 5.95. The zero-order valence-electron chi connectivity index (χ0n) is 25.7. The highest BCUT2D eigenvalue weighted by Crippen LogP contribution is 2.35. The van der Waals surface area contributed by atoms with Crippen molar-refractivity contribution >= 4 is 21.3 Å². The molecule has 0 aliphatic carbocycles. The van der Waals surface area contributed by atoms with E-state index in [9.17, 15) is 13.5 Å². The van der Waals surface area contributed by atoms with E-state index in [1.807, 2.05) is 36.9 Å². The maximum Gasteiger partial charge on any atom is 0.184 e. The molecule has 1 aliphatic rings. The molecule has 0 saturated carbocycles. The lowest BCUT2D eigenvalue weighted by Gasteiger charge is -2.22. The minimum Gasteiger partial charge on any atom is -0.495 e. The average molecular weight is 631 g/mol. The van der Waals surface area contributed by atoms with E-state index in [1.54, 1.807) is 22.8 Å². The summed E-state index contributed by atoms with van der Waals surface area (Å²) in [6.07, 6.45) is 6.47. The SMILES string of the molecule is COc1ccc(-c2c(C)nn3c(NCc4cccc(-c5nccn5C)c4)cc(CC4CCOCC4)nc23)cc1S(=O)(=O)CCO. The molecule has 0 bridgehead atoms. The van der Waals surface area contributed by atoms with Crippen LogP contribution < -0.4 is 10.1 Å². The van der Waals surface area contributed by atoms with Crippen LogP contribution in [-0.2, 0) is 34.6 Å². The van der Waals surface area contributed by atoms with Crippen LogP contribution in [0.2, 0.25) is 0 Å². The molecule has 12 heteroatoms. The number of fused-ring (bicyclic) bond motifs is 1. The van der Waals surface area contributed by atoms with Gasteiger partial charge in [-0.15, -0.1) is 0 Å². The average Bonchev–Trinajstić information content (AvgIpc) is 3.62. The van der Waals surface area contributed by atoms with Crippen molar-refractivity contribution in [3.63, 3.8) is 0 Å². The molecule has 1 fully saturated rings. The third-order valence-electron chi connectivity index (χ3n) is 8.28. The van der Waals surface area contributed by atoms with E-state index in [4.69, 9.17) is 19.6 Å². The molecule has 0 amide bonds. The number of anilines is 1. The molecular formula is C33H38N6O5S. The summed E-state index contributed by atoms with van der Waals surface area (Å²) in [6.45, 7) is 3.46. The Kier molecular flexibility index (Phi) is 8.88. The van der Waals surface area contributed by atoms with Crippen LogP contribution in [0.5, 0.6) is 5.75 Å². The van der Waals surface area contributed by atoms with E-state index in [1.165, 1.54) is 7.11 Å². The summed E-state index contributed by atoms with van der Waals surface area (Å²) in [5.74, 6) is 1.97. The lowest BCUT2D eigenvalue weighted by atomic mass is 9.95. The number of aliphatic hydroxyl groups is 1. The van der Waals surface area contributed by atoms with Crippen molar-refractivity contribution < 1.29 is 23.0 Å².